The maximum absolute atomic E-state index is 12.3. The molecule has 0 aromatic heterocycles. The van der Waals surface area contributed by atoms with E-state index in [0.29, 0.717) is 18.5 Å². The van der Waals surface area contributed by atoms with Crippen molar-refractivity contribution in [2.45, 2.75) is 17.7 Å². The first-order valence-corrected chi connectivity index (χ1v) is 10.0. The van der Waals surface area contributed by atoms with E-state index < -0.39 is 36.9 Å². The number of hydrogen-bond acceptors (Lipinski definition) is 7. The monoisotopic (exact) mass is 413 g/mol. The van der Waals surface area contributed by atoms with Gasteiger partial charge < -0.3 is 10.1 Å². The van der Waals surface area contributed by atoms with Crippen LogP contribution in [0.5, 0.6) is 0 Å². The fourth-order valence-corrected chi connectivity index (χ4v) is 4.01. The Kier molecular flexibility index (Phi) is 6.67. The highest BCUT2D eigenvalue weighted by molar-refractivity contribution is 7.99. The number of nitriles is 1. The molecule has 8 nitrogen and oxygen atoms in total. The van der Waals surface area contributed by atoms with Crippen LogP contribution in [0.4, 0.5) is 5.69 Å². The Morgan fingerprint density at radius 3 is 2.48 bits per heavy atom. The number of nitrogens with one attached hydrogen (secondary N) is 1. The van der Waals surface area contributed by atoms with Gasteiger partial charge in [-0.1, -0.05) is 24.3 Å². The summed E-state index contributed by atoms with van der Waals surface area (Å²) >= 11 is 1.27. The summed E-state index contributed by atoms with van der Waals surface area (Å²) in [5.41, 5.74) is 0.510. The molecule has 0 radical (unpaired) electrons. The van der Waals surface area contributed by atoms with Crippen LogP contribution in [0.1, 0.15) is 12.8 Å². The highest BCUT2D eigenvalue weighted by atomic mass is 32.2. The van der Waals surface area contributed by atoms with Crippen molar-refractivity contribution in [1.29, 1.82) is 5.26 Å². The Labute approximate surface area is 171 Å². The van der Waals surface area contributed by atoms with Crippen molar-refractivity contribution < 1.29 is 23.9 Å². The molecule has 0 bridgehead atoms. The zero-order chi connectivity index (χ0) is 20.8. The summed E-state index contributed by atoms with van der Waals surface area (Å²) in [6.07, 6.45) is 4.72. The van der Waals surface area contributed by atoms with Gasteiger partial charge >= 0.3 is 5.97 Å². The topological polar surface area (TPSA) is 117 Å². The van der Waals surface area contributed by atoms with Crippen LogP contribution >= 0.6 is 11.8 Å². The second-order valence-corrected chi connectivity index (χ2v) is 7.59. The number of imide groups is 1. The van der Waals surface area contributed by atoms with Gasteiger partial charge in [0.1, 0.15) is 6.54 Å². The van der Waals surface area contributed by atoms with Crippen molar-refractivity contribution in [2.24, 2.45) is 11.8 Å². The molecule has 9 heteroatoms. The van der Waals surface area contributed by atoms with Crippen LogP contribution in [0.25, 0.3) is 0 Å². The number of carbonyl (C=O) groups is 4. The van der Waals surface area contributed by atoms with Gasteiger partial charge in [-0.2, -0.15) is 5.26 Å². The fraction of sp³-hybridized carbons (Fsp3) is 0.350. The van der Waals surface area contributed by atoms with Crippen LogP contribution < -0.4 is 5.32 Å². The summed E-state index contributed by atoms with van der Waals surface area (Å²) in [4.78, 5) is 50.5. The summed E-state index contributed by atoms with van der Waals surface area (Å²) in [7, 11) is 0. The Balaban J connectivity index is 1.50. The molecule has 150 valence electrons. The van der Waals surface area contributed by atoms with Crippen molar-refractivity contribution in [3.8, 4) is 6.07 Å². The van der Waals surface area contributed by atoms with Crippen LogP contribution in [0.3, 0.4) is 0 Å². The number of ether oxygens (including phenoxy) is 1. The first kappa shape index (κ1) is 20.6. The van der Waals surface area contributed by atoms with Crippen molar-refractivity contribution in [1.82, 2.24) is 4.90 Å². The summed E-state index contributed by atoms with van der Waals surface area (Å²) in [5, 5.41) is 11.3. The molecule has 2 aliphatic rings. The second-order valence-electron chi connectivity index (χ2n) is 6.57. The molecule has 1 aliphatic heterocycles. The van der Waals surface area contributed by atoms with Crippen molar-refractivity contribution in [2.75, 3.05) is 24.2 Å². The average molecular weight is 413 g/mol. The molecule has 1 heterocycles. The molecule has 0 spiro atoms. The first-order valence-electron chi connectivity index (χ1n) is 9.05. The Morgan fingerprint density at radius 2 is 1.83 bits per heavy atom. The number of thioether (sulfide) groups is 1. The minimum absolute atomic E-state index is 0.233. The predicted molar refractivity (Wildman–Crippen MR) is 104 cm³/mol. The van der Waals surface area contributed by atoms with Crippen molar-refractivity contribution in [3.63, 3.8) is 0 Å². The van der Waals surface area contributed by atoms with Gasteiger partial charge in [0.15, 0.2) is 6.61 Å². The second kappa shape index (κ2) is 9.39. The highest BCUT2D eigenvalue weighted by Gasteiger charge is 2.47. The average Bonchev–Trinajstić information content (AvgIpc) is 2.97. The van der Waals surface area contributed by atoms with Gasteiger partial charge in [0, 0.05) is 4.90 Å². The van der Waals surface area contributed by atoms with Crippen LogP contribution in [-0.2, 0) is 23.9 Å². The number of likely N-dealkylation sites (tertiary alicyclic amines) is 1. The number of amides is 3. The number of carbonyl (C=O) groups excluding carboxylic acids is 4. The number of benzene rings is 1. The number of hydrogen-bond donors (Lipinski definition) is 1. The summed E-state index contributed by atoms with van der Waals surface area (Å²) in [5.74, 6) is -2.70. The molecule has 1 N–H and O–H groups in total. The quantitative estimate of drug-likeness (QED) is 0.313. The molecule has 3 amide bonds. The van der Waals surface area contributed by atoms with Crippen molar-refractivity contribution >= 4 is 41.1 Å². The number of fused-ring (bicyclic) bond motifs is 1. The maximum atomic E-state index is 12.3. The van der Waals surface area contributed by atoms with Crippen LogP contribution in [0, 0.1) is 23.2 Å². The highest BCUT2D eigenvalue weighted by Crippen LogP contribution is 2.34. The third kappa shape index (κ3) is 4.84. The van der Waals surface area contributed by atoms with Crippen molar-refractivity contribution in [3.05, 3.63) is 36.4 Å². The van der Waals surface area contributed by atoms with Gasteiger partial charge in [-0.3, -0.25) is 24.1 Å². The van der Waals surface area contributed by atoms with Gasteiger partial charge in [0.05, 0.1) is 29.3 Å². The number of esters is 1. The molecule has 1 aromatic rings. The van der Waals surface area contributed by atoms with E-state index in [-0.39, 0.29) is 17.6 Å². The molecule has 1 saturated heterocycles. The fourth-order valence-electron chi connectivity index (χ4n) is 3.34. The van der Waals surface area contributed by atoms with Gasteiger partial charge in [0.25, 0.3) is 5.91 Å². The summed E-state index contributed by atoms with van der Waals surface area (Å²) in [6.45, 7) is -1.03. The van der Waals surface area contributed by atoms with Crippen LogP contribution in [0.15, 0.2) is 41.3 Å². The molecule has 1 fully saturated rings. The molecule has 29 heavy (non-hydrogen) atoms. The van der Waals surface area contributed by atoms with Crippen LogP contribution in [-0.4, -0.2) is 47.5 Å². The normalized spacial score (nSPS) is 20.2. The van der Waals surface area contributed by atoms with E-state index in [0.717, 1.165) is 9.80 Å². The van der Waals surface area contributed by atoms with Gasteiger partial charge in [-0.25, -0.2) is 0 Å². The van der Waals surface area contributed by atoms with Gasteiger partial charge in [-0.15, -0.1) is 11.8 Å². The molecule has 1 aromatic carbocycles. The number of rotatable bonds is 7. The number of allylic oxidation sites excluding steroid dienone is 2. The maximum Gasteiger partial charge on any atom is 0.326 e. The Bertz CT molecular complexity index is 882. The zero-order valence-electron chi connectivity index (χ0n) is 15.5. The van der Waals surface area contributed by atoms with E-state index in [1.54, 1.807) is 24.3 Å². The molecule has 1 aliphatic carbocycles. The number of nitrogens with zero attached hydrogens (tertiary/aromatic N) is 2. The van der Waals surface area contributed by atoms with E-state index >= 15 is 0 Å². The predicted octanol–water partition coefficient (Wildman–Crippen LogP) is 1.74. The third-order valence-corrected chi connectivity index (χ3v) is 5.64. The lowest BCUT2D eigenvalue weighted by molar-refractivity contribution is -0.154. The standard InChI is InChI=1S/C20H19N3O5S/c21-9-10-29-16-8-4-3-7-15(16)22-17(24)12-28-18(25)11-23-19(26)13-5-1-2-6-14(13)20(23)27/h1-4,7-8,13-14H,5-6,10-12H2,(H,22,24)/t13-,14-/m0/s1. The summed E-state index contributed by atoms with van der Waals surface area (Å²) < 4.78 is 4.94. The molecule has 0 saturated carbocycles. The van der Waals surface area contributed by atoms with Gasteiger partial charge in [0.2, 0.25) is 11.8 Å². The Hall–Kier alpha value is -3.12. The molecular formula is C20H19N3O5S. The minimum Gasteiger partial charge on any atom is -0.454 e. The molecule has 3 rings (SSSR count). The zero-order valence-corrected chi connectivity index (χ0v) is 16.3. The van der Waals surface area contributed by atoms with Gasteiger partial charge in [-0.05, 0) is 25.0 Å². The smallest absolute Gasteiger partial charge is 0.326 e. The summed E-state index contributed by atoms with van der Waals surface area (Å²) in [6, 6.07) is 8.98. The molecule has 0 unspecified atom stereocenters. The van der Waals surface area contributed by atoms with E-state index in [1.165, 1.54) is 11.8 Å². The molecule has 2 atom stereocenters. The minimum atomic E-state index is -0.819. The number of para-hydroxylation sites is 1. The SMILES string of the molecule is N#CCSc1ccccc1NC(=O)COC(=O)CN1C(=O)[C@H]2CC=CC[C@@H]2C1=O. The lowest BCUT2D eigenvalue weighted by Gasteiger charge is -2.14. The third-order valence-electron chi connectivity index (χ3n) is 4.70. The van der Waals surface area contributed by atoms with E-state index in [4.69, 9.17) is 10.00 Å². The lowest BCUT2D eigenvalue weighted by Crippen LogP contribution is -2.37. The first-order chi connectivity index (χ1) is 14.0. The largest absolute Gasteiger partial charge is 0.454 e. The lowest BCUT2D eigenvalue weighted by atomic mass is 9.85. The van der Waals surface area contributed by atoms with E-state index in [1.807, 2.05) is 18.2 Å². The number of anilines is 1. The van der Waals surface area contributed by atoms with Crippen LogP contribution in [0.2, 0.25) is 0 Å². The van der Waals surface area contributed by atoms with E-state index in [9.17, 15) is 19.2 Å². The Morgan fingerprint density at radius 1 is 1.17 bits per heavy atom. The van der Waals surface area contributed by atoms with E-state index in [2.05, 4.69) is 5.32 Å². The molecular weight excluding hydrogens is 394 g/mol.